The van der Waals surface area contributed by atoms with E-state index in [1.54, 1.807) is 0 Å². The highest BCUT2D eigenvalue weighted by Gasteiger charge is 2.03. The number of hydrogen-bond donors (Lipinski definition) is 1. The van der Waals surface area contributed by atoms with Crippen LogP contribution in [0.3, 0.4) is 0 Å². The predicted molar refractivity (Wildman–Crippen MR) is 74.2 cm³/mol. The number of aromatic nitrogens is 2. The average molecular weight is 294 g/mol. The average Bonchev–Trinajstić information content (AvgIpc) is 2.56. The summed E-state index contributed by atoms with van der Waals surface area (Å²) < 4.78 is 3.00. The maximum atomic E-state index is 4.32. The van der Waals surface area contributed by atoms with Gasteiger partial charge in [-0.1, -0.05) is 6.07 Å². The monoisotopic (exact) mass is 293 g/mol. The second-order valence-electron chi connectivity index (χ2n) is 4.24. The predicted octanol–water partition coefficient (Wildman–Crippen LogP) is 3.41. The topological polar surface area (TPSA) is 29.9 Å². The van der Waals surface area contributed by atoms with Gasteiger partial charge in [0.1, 0.15) is 0 Å². The zero-order chi connectivity index (χ0) is 12.4. The molecule has 0 aliphatic carbocycles. The Bertz CT molecular complexity index is 531. The largest absolute Gasteiger partial charge is 0.378 e. The first-order valence-electron chi connectivity index (χ1n) is 5.56. The summed E-state index contributed by atoms with van der Waals surface area (Å²) in [6, 6.07) is 8.39. The molecule has 1 heterocycles. The molecule has 1 N–H and O–H groups in total. The molecule has 0 radical (unpaired) electrons. The van der Waals surface area contributed by atoms with E-state index in [1.165, 1.54) is 11.3 Å². The van der Waals surface area contributed by atoms with E-state index < -0.39 is 0 Å². The van der Waals surface area contributed by atoms with E-state index in [0.29, 0.717) is 0 Å². The third-order valence-electron chi connectivity index (χ3n) is 2.68. The van der Waals surface area contributed by atoms with E-state index in [2.05, 4.69) is 57.5 Å². The van der Waals surface area contributed by atoms with Crippen molar-refractivity contribution in [2.24, 2.45) is 7.05 Å². The first kappa shape index (κ1) is 12.2. The summed E-state index contributed by atoms with van der Waals surface area (Å²) in [6.45, 7) is 4.86. The minimum Gasteiger partial charge on any atom is -0.378 e. The summed E-state index contributed by atoms with van der Waals surface area (Å²) in [5.74, 6) is 0. The van der Waals surface area contributed by atoms with Crippen LogP contribution in [-0.4, -0.2) is 9.78 Å². The third-order valence-corrected chi connectivity index (χ3v) is 3.34. The molecule has 0 fully saturated rings. The molecule has 0 unspecified atom stereocenters. The van der Waals surface area contributed by atoms with Crippen LogP contribution in [0.1, 0.15) is 17.0 Å². The van der Waals surface area contributed by atoms with Gasteiger partial charge in [0.15, 0.2) is 0 Å². The molecule has 90 valence electrons. The smallest absolute Gasteiger partial charge is 0.0597 e. The molecule has 0 saturated carbocycles. The van der Waals surface area contributed by atoms with Crippen molar-refractivity contribution >= 4 is 21.6 Å². The van der Waals surface area contributed by atoms with Gasteiger partial charge < -0.3 is 5.32 Å². The van der Waals surface area contributed by atoms with E-state index in [9.17, 15) is 0 Å². The molecule has 17 heavy (non-hydrogen) atoms. The van der Waals surface area contributed by atoms with Crippen molar-refractivity contribution < 1.29 is 0 Å². The molecule has 3 nitrogen and oxygen atoms in total. The molecular weight excluding hydrogens is 278 g/mol. The van der Waals surface area contributed by atoms with Gasteiger partial charge in [-0.2, -0.15) is 5.10 Å². The first-order valence-corrected chi connectivity index (χ1v) is 6.35. The molecule has 1 aromatic heterocycles. The van der Waals surface area contributed by atoms with Crippen LogP contribution in [0.2, 0.25) is 0 Å². The van der Waals surface area contributed by atoms with Crippen LogP contribution in [0.5, 0.6) is 0 Å². The lowest BCUT2D eigenvalue weighted by atomic mass is 10.2. The molecule has 0 aliphatic heterocycles. The fraction of sp³-hybridized carbons (Fsp3) is 0.308. The molecule has 0 atom stereocenters. The van der Waals surface area contributed by atoms with Crippen molar-refractivity contribution in [3.05, 3.63) is 45.7 Å². The summed E-state index contributed by atoms with van der Waals surface area (Å²) in [6.07, 6.45) is 0. The maximum Gasteiger partial charge on any atom is 0.0597 e. The summed E-state index contributed by atoms with van der Waals surface area (Å²) in [4.78, 5) is 0. The van der Waals surface area contributed by atoms with Crippen LogP contribution in [-0.2, 0) is 13.6 Å². The standard InChI is InChI=1S/C13H16BrN3/c1-9-4-5-13(12(14)6-9)15-8-11-7-10(2)16-17(11)3/h4-7,15H,8H2,1-3H3. The fourth-order valence-corrected chi connectivity index (χ4v) is 2.41. The number of nitrogens with zero attached hydrogens (tertiary/aromatic N) is 2. The fourth-order valence-electron chi connectivity index (χ4n) is 1.78. The number of hydrogen-bond acceptors (Lipinski definition) is 2. The lowest BCUT2D eigenvalue weighted by Gasteiger charge is -2.09. The maximum absolute atomic E-state index is 4.32. The van der Waals surface area contributed by atoms with E-state index in [-0.39, 0.29) is 0 Å². The Balaban J connectivity index is 2.10. The number of nitrogens with one attached hydrogen (secondary N) is 1. The van der Waals surface area contributed by atoms with Crippen LogP contribution in [0.25, 0.3) is 0 Å². The Hall–Kier alpha value is -1.29. The Labute approximate surface area is 110 Å². The Morgan fingerprint density at radius 3 is 2.65 bits per heavy atom. The van der Waals surface area contributed by atoms with E-state index in [4.69, 9.17) is 0 Å². The van der Waals surface area contributed by atoms with Gasteiger partial charge in [0, 0.05) is 17.2 Å². The second kappa shape index (κ2) is 4.92. The molecule has 2 aromatic rings. The normalized spacial score (nSPS) is 10.6. The van der Waals surface area contributed by atoms with Crippen LogP contribution in [0, 0.1) is 13.8 Å². The van der Waals surface area contributed by atoms with Crippen molar-refractivity contribution in [1.82, 2.24) is 9.78 Å². The highest BCUT2D eigenvalue weighted by molar-refractivity contribution is 9.10. The Morgan fingerprint density at radius 1 is 1.29 bits per heavy atom. The lowest BCUT2D eigenvalue weighted by molar-refractivity contribution is 0.713. The van der Waals surface area contributed by atoms with Gasteiger partial charge in [-0.05, 0) is 53.5 Å². The van der Waals surface area contributed by atoms with Crippen LogP contribution in [0.4, 0.5) is 5.69 Å². The first-order chi connectivity index (χ1) is 8.06. The number of halogens is 1. The summed E-state index contributed by atoms with van der Waals surface area (Å²) in [5, 5.41) is 7.73. The van der Waals surface area contributed by atoms with Crippen LogP contribution in [0.15, 0.2) is 28.7 Å². The highest BCUT2D eigenvalue weighted by atomic mass is 79.9. The lowest BCUT2D eigenvalue weighted by Crippen LogP contribution is -2.05. The number of aryl methyl sites for hydroxylation is 3. The Kier molecular flexibility index (Phi) is 3.52. The summed E-state index contributed by atoms with van der Waals surface area (Å²) >= 11 is 3.56. The van der Waals surface area contributed by atoms with Crippen LogP contribution < -0.4 is 5.32 Å². The van der Waals surface area contributed by atoms with Gasteiger partial charge in [0.05, 0.1) is 17.9 Å². The molecule has 2 rings (SSSR count). The van der Waals surface area contributed by atoms with Crippen molar-refractivity contribution in [3.63, 3.8) is 0 Å². The zero-order valence-electron chi connectivity index (χ0n) is 10.3. The minimum atomic E-state index is 0.777. The molecule has 1 aromatic carbocycles. The highest BCUT2D eigenvalue weighted by Crippen LogP contribution is 2.23. The van der Waals surface area contributed by atoms with Crippen molar-refractivity contribution in [2.75, 3.05) is 5.32 Å². The second-order valence-corrected chi connectivity index (χ2v) is 5.09. The number of anilines is 1. The SMILES string of the molecule is Cc1ccc(NCc2cc(C)nn2C)c(Br)c1. The number of benzene rings is 1. The van der Waals surface area contributed by atoms with Gasteiger partial charge in [-0.15, -0.1) is 0 Å². The molecule has 0 spiro atoms. The quantitative estimate of drug-likeness (QED) is 0.940. The molecule has 0 aliphatic rings. The summed E-state index contributed by atoms with van der Waals surface area (Å²) in [5.41, 5.74) is 4.58. The van der Waals surface area contributed by atoms with Gasteiger partial charge in [0.2, 0.25) is 0 Å². The van der Waals surface area contributed by atoms with Crippen molar-refractivity contribution in [3.8, 4) is 0 Å². The third kappa shape index (κ3) is 2.88. The van der Waals surface area contributed by atoms with Gasteiger partial charge >= 0.3 is 0 Å². The van der Waals surface area contributed by atoms with E-state index >= 15 is 0 Å². The van der Waals surface area contributed by atoms with Crippen LogP contribution >= 0.6 is 15.9 Å². The molecule has 0 bridgehead atoms. The van der Waals surface area contributed by atoms with Gasteiger partial charge in [0.25, 0.3) is 0 Å². The number of rotatable bonds is 3. The van der Waals surface area contributed by atoms with Crippen molar-refractivity contribution in [1.29, 1.82) is 0 Å². The zero-order valence-corrected chi connectivity index (χ0v) is 11.9. The van der Waals surface area contributed by atoms with Crippen molar-refractivity contribution in [2.45, 2.75) is 20.4 Å². The summed E-state index contributed by atoms with van der Waals surface area (Å²) in [7, 11) is 1.97. The molecular formula is C13H16BrN3. The van der Waals surface area contributed by atoms with Gasteiger partial charge in [-0.25, -0.2) is 0 Å². The molecule has 0 saturated heterocycles. The van der Waals surface area contributed by atoms with E-state index in [1.807, 2.05) is 18.7 Å². The molecule has 0 amide bonds. The Morgan fingerprint density at radius 2 is 2.06 bits per heavy atom. The van der Waals surface area contributed by atoms with Gasteiger partial charge in [-0.3, -0.25) is 4.68 Å². The van der Waals surface area contributed by atoms with E-state index in [0.717, 1.165) is 22.4 Å². The molecule has 4 heteroatoms. The minimum absolute atomic E-state index is 0.777.